The lowest BCUT2D eigenvalue weighted by molar-refractivity contribution is 0.408. The Hall–Kier alpha value is -2.63. The summed E-state index contributed by atoms with van der Waals surface area (Å²) in [7, 11) is 3.28. The molecule has 0 radical (unpaired) electrons. The number of nitrogens with zero attached hydrogens (tertiary/aromatic N) is 1. The van der Waals surface area contributed by atoms with Gasteiger partial charge in [0.2, 0.25) is 0 Å². The highest BCUT2D eigenvalue weighted by atomic mass is 19.1. The van der Waals surface area contributed by atoms with Gasteiger partial charge >= 0.3 is 0 Å². The number of guanidine groups is 1. The molecule has 2 aromatic rings. The van der Waals surface area contributed by atoms with Gasteiger partial charge in [-0.15, -0.1) is 0 Å². The van der Waals surface area contributed by atoms with Gasteiger partial charge in [0.05, 0.1) is 7.11 Å². The van der Waals surface area contributed by atoms with Crippen molar-refractivity contribution in [1.82, 2.24) is 10.6 Å². The largest absolute Gasteiger partial charge is 0.496 e. The molecule has 0 amide bonds. The first-order valence-electron chi connectivity index (χ1n) is 8.06. The smallest absolute Gasteiger partial charge is 0.191 e. The second-order valence-corrected chi connectivity index (χ2v) is 5.62. The highest BCUT2D eigenvalue weighted by molar-refractivity contribution is 5.79. The lowest BCUT2D eigenvalue weighted by atomic mass is 10.1. The van der Waals surface area contributed by atoms with Gasteiger partial charge in [-0.1, -0.05) is 18.2 Å². The van der Waals surface area contributed by atoms with Gasteiger partial charge in [-0.2, -0.15) is 0 Å². The van der Waals surface area contributed by atoms with Crippen molar-refractivity contribution in [2.24, 2.45) is 4.99 Å². The van der Waals surface area contributed by atoms with Crippen LogP contribution < -0.4 is 15.4 Å². The summed E-state index contributed by atoms with van der Waals surface area (Å²) >= 11 is 0. The van der Waals surface area contributed by atoms with E-state index in [-0.39, 0.29) is 12.0 Å². The summed E-state index contributed by atoms with van der Waals surface area (Å²) in [5.74, 6) is 0.291. The number of nitrogens with one attached hydrogen (secondary N) is 2. The molecule has 0 atom stereocenters. The van der Waals surface area contributed by atoms with Crippen LogP contribution in [0.2, 0.25) is 0 Å². The molecule has 25 heavy (non-hydrogen) atoms. The van der Waals surface area contributed by atoms with Crippen molar-refractivity contribution in [1.29, 1.82) is 0 Å². The summed E-state index contributed by atoms with van der Waals surface area (Å²) in [6.45, 7) is 2.89. The number of hydrogen-bond acceptors (Lipinski definition) is 2. The summed E-state index contributed by atoms with van der Waals surface area (Å²) in [6, 6.07) is 9.84. The minimum absolute atomic E-state index is 0.0747. The zero-order valence-electron chi connectivity index (χ0n) is 14.7. The van der Waals surface area contributed by atoms with E-state index in [9.17, 15) is 8.78 Å². The van der Waals surface area contributed by atoms with E-state index < -0.39 is 11.6 Å². The van der Waals surface area contributed by atoms with Gasteiger partial charge in [0.25, 0.3) is 0 Å². The first-order valence-corrected chi connectivity index (χ1v) is 8.06. The Morgan fingerprint density at radius 3 is 2.48 bits per heavy atom. The molecule has 2 N–H and O–H groups in total. The van der Waals surface area contributed by atoms with Gasteiger partial charge in [0.15, 0.2) is 5.96 Å². The topological polar surface area (TPSA) is 45.7 Å². The Labute approximate surface area is 146 Å². The fraction of sp³-hybridized carbons (Fsp3) is 0.316. The number of rotatable bonds is 6. The van der Waals surface area contributed by atoms with Crippen LogP contribution in [0.5, 0.6) is 5.75 Å². The molecule has 0 bridgehead atoms. The number of halogens is 2. The first kappa shape index (κ1) is 18.7. The first-order chi connectivity index (χ1) is 12.0. The van der Waals surface area contributed by atoms with E-state index in [1.807, 2.05) is 25.1 Å². The second kappa shape index (κ2) is 9.01. The van der Waals surface area contributed by atoms with E-state index in [0.717, 1.165) is 16.9 Å². The molecule has 4 nitrogen and oxygen atoms in total. The molecule has 0 unspecified atom stereocenters. The summed E-state index contributed by atoms with van der Waals surface area (Å²) < 4.78 is 32.6. The molecule has 134 valence electrons. The van der Waals surface area contributed by atoms with Crippen LogP contribution in [0.1, 0.15) is 16.7 Å². The quantitative estimate of drug-likeness (QED) is 0.623. The van der Waals surface area contributed by atoms with Crippen LogP contribution in [0.25, 0.3) is 0 Å². The maximum Gasteiger partial charge on any atom is 0.191 e. The van der Waals surface area contributed by atoms with Crippen LogP contribution in [-0.4, -0.2) is 26.7 Å². The molecule has 0 aromatic heterocycles. The minimum Gasteiger partial charge on any atom is -0.496 e. The van der Waals surface area contributed by atoms with E-state index >= 15 is 0 Å². The second-order valence-electron chi connectivity index (χ2n) is 5.62. The molecular formula is C19H23F2N3O. The van der Waals surface area contributed by atoms with E-state index in [2.05, 4.69) is 15.6 Å². The number of hydrogen-bond donors (Lipinski definition) is 2. The van der Waals surface area contributed by atoms with Crippen molar-refractivity contribution in [2.45, 2.75) is 19.9 Å². The molecule has 0 fully saturated rings. The van der Waals surface area contributed by atoms with Gasteiger partial charge in [-0.3, -0.25) is 4.99 Å². The molecule has 0 aliphatic carbocycles. The normalized spacial score (nSPS) is 11.3. The monoisotopic (exact) mass is 347 g/mol. The SMILES string of the molecule is CN=C(NCCc1c(F)cccc1F)NCc1ccc(C)cc1OC. The van der Waals surface area contributed by atoms with Gasteiger partial charge in [0.1, 0.15) is 17.4 Å². The standard InChI is InChI=1S/C19H23F2N3O/c1-13-7-8-14(18(11-13)25-3)12-24-19(22-2)23-10-9-15-16(20)5-4-6-17(15)21/h4-8,11H,9-10,12H2,1-3H3,(H2,22,23,24). The van der Waals surface area contributed by atoms with E-state index in [1.54, 1.807) is 14.2 Å². The summed E-state index contributed by atoms with van der Waals surface area (Å²) in [5, 5.41) is 6.22. The molecule has 0 spiro atoms. The third-order valence-corrected chi connectivity index (χ3v) is 3.84. The highest BCUT2D eigenvalue weighted by Crippen LogP contribution is 2.19. The Balaban J connectivity index is 1.89. The Bertz CT molecular complexity index is 727. The molecule has 0 aliphatic rings. The number of ether oxygens (including phenoxy) is 1. The van der Waals surface area contributed by atoms with Gasteiger partial charge in [0, 0.05) is 31.3 Å². The predicted octanol–water partition coefficient (Wildman–Crippen LogP) is 3.19. The average molecular weight is 347 g/mol. The lowest BCUT2D eigenvalue weighted by Crippen LogP contribution is -2.38. The Kier molecular flexibility index (Phi) is 6.74. The predicted molar refractivity (Wildman–Crippen MR) is 96.0 cm³/mol. The summed E-state index contributed by atoms with van der Waals surface area (Å²) in [6.07, 6.45) is 0.229. The van der Waals surface area contributed by atoms with E-state index in [1.165, 1.54) is 18.2 Å². The molecule has 0 saturated heterocycles. The molecule has 2 rings (SSSR count). The fourth-order valence-electron chi connectivity index (χ4n) is 2.47. The van der Waals surface area contributed by atoms with Crippen molar-refractivity contribution in [3.63, 3.8) is 0 Å². The van der Waals surface area contributed by atoms with Crippen LogP contribution in [0.4, 0.5) is 8.78 Å². The van der Waals surface area contributed by atoms with Crippen molar-refractivity contribution in [3.8, 4) is 5.75 Å². The van der Waals surface area contributed by atoms with Gasteiger partial charge < -0.3 is 15.4 Å². The van der Waals surface area contributed by atoms with Crippen LogP contribution in [-0.2, 0) is 13.0 Å². The van der Waals surface area contributed by atoms with Gasteiger partial charge in [-0.05, 0) is 37.1 Å². The van der Waals surface area contributed by atoms with Crippen molar-refractivity contribution in [3.05, 3.63) is 64.7 Å². The van der Waals surface area contributed by atoms with Crippen LogP contribution >= 0.6 is 0 Å². The highest BCUT2D eigenvalue weighted by Gasteiger charge is 2.09. The zero-order valence-corrected chi connectivity index (χ0v) is 14.7. The van der Waals surface area contributed by atoms with E-state index in [0.29, 0.717) is 19.0 Å². The average Bonchev–Trinajstić information content (AvgIpc) is 2.60. The molecule has 0 saturated carbocycles. The number of benzene rings is 2. The molecule has 2 aromatic carbocycles. The maximum absolute atomic E-state index is 13.6. The van der Waals surface area contributed by atoms with Crippen molar-refractivity contribution < 1.29 is 13.5 Å². The summed E-state index contributed by atoms with van der Waals surface area (Å²) in [5.41, 5.74) is 2.19. The van der Waals surface area contributed by atoms with Crippen LogP contribution in [0.3, 0.4) is 0 Å². The van der Waals surface area contributed by atoms with Crippen molar-refractivity contribution in [2.75, 3.05) is 20.7 Å². The zero-order chi connectivity index (χ0) is 18.2. The van der Waals surface area contributed by atoms with Crippen LogP contribution in [0.15, 0.2) is 41.4 Å². The molecule has 0 aliphatic heterocycles. The third-order valence-electron chi connectivity index (χ3n) is 3.84. The number of methoxy groups -OCH3 is 1. The van der Waals surface area contributed by atoms with Crippen molar-refractivity contribution >= 4 is 5.96 Å². The maximum atomic E-state index is 13.6. The fourth-order valence-corrected chi connectivity index (χ4v) is 2.47. The molecular weight excluding hydrogens is 324 g/mol. The Morgan fingerprint density at radius 2 is 1.84 bits per heavy atom. The van der Waals surface area contributed by atoms with Crippen LogP contribution in [0, 0.1) is 18.6 Å². The number of aryl methyl sites for hydroxylation is 1. The number of aliphatic imine (C=N–C) groups is 1. The minimum atomic E-state index is -0.533. The molecule has 6 heteroatoms. The Morgan fingerprint density at radius 1 is 1.12 bits per heavy atom. The van der Waals surface area contributed by atoms with E-state index in [4.69, 9.17) is 4.74 Å². The summed E-state index contributed by atoms with van der Waals surface area (Å²) in [4.78, 5) is 4.12. The van der Waals surface area contributed by atoms with Gasteiger partial charge in [-0.25, -0.2) is 8.78 Å². The molecule has 0 heterocycles. The third kappa shape index (κ3) is 5.17. The lowest BCUT2D eigenvalue weighted by Gasteiger charge is -2.14.